The molecule has 1 aromatic carbocycles. The van der Waals surface area contributed by atoms with Crippen molar-refractivity contribution in [3.63, 3.8) is 0 Å². The first-order valence-corrected chi connectivity index (χ1v) is 13.4. The van der Waals surface area contributed by atoms with Gasteiger partial charge in [0.25, 0.3) is 0 Å². The van der Waals surface area contributed by atoms with E-state index in [0.29, 0.717) is 33.2 Å². The minimum absolute atomic E-state index is 0.123. The van der Waals surface area contributed by atoms with Crippen molar-refractivity contribution < 1.29 is 37.1 Å². The van der Waals surface area contributed by atoms with Gasteiger partial charge in [0.15, 0.2) is 29.4 Å². The molecular weight excluding hydrogens is 552 g/mol. The third kappa shape index (κ3) is 4.24. The van der Waals surface area contributed by atoms with Crippen molar-refractivity contribution in [2.75, 3.05) is 18.9 Å². The first kappa shape index (κ1) is 24.8. The first-order valence-electron chi connectivity index (χ1n) is 11.2. The van der Waals surface area contributed by atoms with E-state index in [4.69, 9.17) is 56.7 Å². The van der Waals surface area contributed by atoms with Crippen molar-refractivity contribution >= 4 is 54.2 Å². The number of carbonyl (C=O) groups excluding carboxylic acids is 1. The second-order valence-corrected chi connectivity index (χ2v) is 11.3. The normalized spacial score (nSPS) is 33.3. The lowest BCUT2D eigenvalue weighted by atomic mass is 9.96. The summed E-state index contributed by atoms with van der Waals surface area (Å²) >= 11 is 12.1. The summed E-state index contributed by atoms with van der Waals surface area (Å²) in [5.74, 6) is 0.184. The van der Waals surface area contributed by atoms with E-state index in [-0.39, 0.29) is 19.0 Å². The molecule has 3 aliphatic heterocycles. The Bertz CT molecular complexity index is 1440. The lowest BCUT2D eigenvalue weighted by Crippen LogP contribution is -2.42. The molecule has 1 unspecified atom stereocenters. The molecule has 0 spiro atoms. The van der Waals surface area contributed by atoms with Crippen LogP contribution in [0.2, 0.25) is 10.0 Å². The van der Waals surface area contributed by atoms with Gasteiger partial charge in [0, 0.05) is 6.42 Å². The van der Waals surface area contributed by atoms with Crippen LogP contribution in [0.4, 0.5) is 10.6 Å². The number of phosphoric acid groups is 1. The molecule has 3 aliphatic rings. The highest BCUT2D eigenvalue weighted by atomic mass is 35.5. The largest absolute Gasteiger partial charge is 0.509 e. The summed E-state index contributed by atoms with van der Waals surface area (Å²) in [4.78, 5) is 24.5. The van der Waals surface area contributed by atoms with Crippen LogP contribution in [0.3, 0.4) is 0 Å². The number of hydrogen-bond donors (Lipinski definition) is 1. The maximum atomic E-state index is 13.3. The molecule has 0 aliphatic carbocycles. The topological polar surface area (TPSA) is 159 Å². The molecule has 37 heavy (non-hydrogen) atoms. The summed E-state index contributed by atoms with van der Waals surface area (Å²) in [5.41, 5.74) is 6.04. The van der Waals surface area contributed by atoms with Crippen LogP contribution in [0, 0.1) is 0 Å². The maximum absolute atomic E-state index is 13.3. The van der Waals surface area contributed by atoms with Gasteiger partial charge in [0.05, 0.1) is 35.7 Å². The number of anilines is 1. The molecule has 5 heterocycles. The predicted octanol–water partition coefficient (Wildman–Crippen LogP) is 4.21. The zero-order valence-electron chi connectivity index (χ0n) is 19.2. The van der Waals surface area contributed by atoms with Gasteiger partial charge in [-0.05, 0) is 24.6 Å². The third-order valence-electron chi connectivity index (χ3n) is 6.46. The number of ether oxygens (including phenoxy) is 3. The number of hydrogen-bond acceptors (Lipinski definition) is 12. The number of imidazole rings is 1. The number of benzene rings is 1. The summed E-state index contributed by atoms with van der Waals surface area (Å²) in [6, 6.07) is 5.00. The minimum atomic E-state index is -4.01. The molecule has 0 bridgehead atoms. The van der Waals surface area contributed by atoms with Gasteiger partial charge in [0.1, 0.15) is 17.9 Å². The summed E-state index contributed by atoms with van der Waals surface area (Å²) in [6.45, 7) is 1.49. The maximum Gasteiger partial charge on any atom is 0.509 e. The SMILES string of the molecule is C[C@@]12OC(=O)O[C@@H]1[C@@H](COP1(=O)OCC[C@@H](c3ccc(Cl)c(Cl)c3)O1)O[C@H]2n1cnc2c(N)ncnc21. The molecule has 0 radical (unpaired) electrons. The molecule has 2 N–H and O–H groups in total. The zero-order chi connectivity index (χ0) is 25.9. The molecule has 3 saturated heterocycles. The molecule has 2 aromatic heterocycles. The highest BCUT2D eigenvalue weighted by Gasteiger charge is 2.64. The Labute approximate surface area is 219 Å². The molecule has 196 valence electrons. The smallest absolute Gasteiger partial charge is 0.424 e. The van der Waals surface area contributed by atoms with Gasteiger partial charge >= 0.3 is 14.0 Å². The first-order chi connectivity index (χ1) is 17.7. The van der Waals surface area contributed by atoms with E-state index < -0.39 is 44.1 Å². The monoisotopic (exact) mass is 571 g/mol. The lowest BCUT2D eigenvalue weighted by Gasteiger charge is -2.30. The average Bonchev–Trinajstić information content (AvgIpc) is 3.49. The van der Waals surface area contributed by atoms with Crippen LogP contribution in [0.15, 0.2) is 30.9 Å². The average molecular weight is 572 g/mol. The molecular formula is C21H20Cl2N5O8P. The highest BCUT2D eigenvalue weighted by molar-refractivity contribution is 7.48. The van der Waals surface area contributed by atoms with Crippen LogP contribution in [0.25, 0.3) is 11.2 Å². The van der Waals surface area contributed by atoms with Crippen molar-refractivity contribution in [1.29, 1.82) is 0 Å². The molecule has 0 saturated carbocycles. The Kier molecular flexibility index (Phi) is 6.07. The number of fused-ring (bicyclic) bond motifs is 2. The Morgan fingerprint density at radius 1 is 1.27 bits per heavy atom. The Morgan fingerprint density at radius 3 is 2.92 bits per heavy atom. The van der Waals surface area contributed by atoms with E-state index in [2.05, 4.69) is 15.0 Å². The van der Waals surface area contributed by atoms with Gasteiger partial charge in [-0.25, -0.2) is 24.3 Å². The number of nitrogens with zero attached hydrogens (tertiary/aromatic N) is 4. The van der Waals surface area contributed by atoms with Crippen molar-refractivity contribution in [3.8, 4) is 0 Å². The Balaban J connectivity index is 1.22. The van der Waals surface area contributed by atoms with Crippen LogP contribution in [0.5, 0.6) is 0 Å². The quantitative estimate of drug-likeness (QED) is 0.343. The van der Waals surface area contributed by atoms with Gasteiger partial charge in [-0.1, -0.05) is 29.3 Å². The molecule has 13 nitrogen and oxygen atoms in total. The number of nitrogen functional groups attached to an aromatic ring is 1. The summed E-state index contributed by atoms with van der Waals surface area (Å²) in [6.07, 6.45) is -0.989. The highest BCUT2D eigenvalue weighted by Crippen LogP contribution is 2.58. The molecule has 6 atom stereocenters. The van der Waals surface area contributed by atoms with E-state index in [1.54, 1.807) is 29.7 Å². The van der Waals surface area contributed by atoms with Crippen molar-refractivity contribution in [2.45, 2.75) is 43.5 Å². The van der Waals surface area contributed by atoms with Crippen molar-refractivity contribution in [1.82, 2.24) is 19.5 Å². The van der Waals surface area contributed by atoms with E-state index >= 15 is 0 Å². The second-order valence-electron chi connectivity index (χ2n) is 8.82. The number of carbonyl (C=O) groups is 1. The van der Waals surface area contributed by atoms with E-state index in [9.17, 15) is 9.36 Å². The van der Waals surface area contributed by atoms with Gasteiger partial charge in [-0.3, -0.25) is 18.1 Å². The van der Waals surface area contributed by atoms with Crippen LogP contribution in [0.1, 0.15) is 31.2 Å². The number of phosphoric ester groups is 1. The number of aromatic nitrogens is 4. The van der Waals surface area contributed by atoms with Crippen LogP contribution < -0.4 is 5.73 Å². The lowest BCUT2D eigenvalue weighted by molar-refractivity contribution is -0.0925. The number of nitrogens with two attached hydrogens (primary N) is 1. The standard InChI is InChI=1S/C21H20Cl2N5O8P/c1-21-16(34-20(29)35-21)14(33-19(21)28-9-27-15-17(24)25-8-26-18(15)28)7-32-37(30)31-5-4-13(36-37)10-2-3-11(22)12(23)6-10/h2-3,6,8-9,13-14,16,19H,4-5,7H2,1H3,(H2,24,25,26)/t13-,14+,16+,19+,21+,37?/m0/s1. The zero-order valence-corrected chi connectivity index (χ0v) is 21.6. The second kappa shape index (κ2) is 9.05. The summed E-state index contributed by atoms with van der Waals surface area (Å²) in [5, 5.41) is 0.734. The van der Waals surface area contributed by atoms with Crippen molar-refractivity contribution in [3.05, 3.63) is 46.5 Å². The Morgan fingerprint density at radius 2 is 2.11 bits per heavy atom. The van der Waals surface area contributed by atoms with E-state index in [1.807, 2.05) is 0 Å². The van der Waals surface area contributed by atoms with Crippen LogP contribution in [-0.2, 0) is 32.3 Å². The van der Waals surface area contributed by atoms with Gasteiger partial charge in [-0.15, -0.1) is 0 Å². The third-order valence-corrected chi connectivity index (χ3v) is 8.68. The van der Waals surface area contributed by atoms with Gasteiger partial charge in [0.2, 0.25) is 0 Å². The fourth-order valence-electron chi connectivity index (χ4n) is 4.68. The fourth-order valence-corrected chi connectivity index (χ4v) is 6.38. The molecule has 3 aromatic rings. The minimum Gasteiger partial charge on any atom is -0.424 e. The molecule has 3 fully saturated rings. The molecule has 0 amide bonds. The number of rotatable bonds is 5. The van der Waals surface area contributed by atoms with E-state index in [0.717, 1.165) is 0 Å². The summed E-state index contributed by atoms with van der Waals surface area (Å²) < 4.78 is 48.7. The van der Waals surface area contributed by atoms with Crippen LogP contribution >= 0.6 is 31.0 Å². The molecule has 6 rings (SSSR count). The Hall–Kier alpha value is -2.51. The predicted molar refractivity (Wildman–Crippen MR) is 128 cm³/mol. The molecule has 16 heteroatoms. The van der Waals surface area contributed by atoms with Crippen molar-refractivity contribution in [2.24, 2.45) is 0 Å². The number of halogens is 2. The van der Waals surface area contributed by atoms with Gasteiger partial charge < -0.3 is 19.9 Å². The fraction of sp³-hybridized carbons (Fsp3) is 0.429. The van der Waals surface area contributed by atoms with Crippen LogP contribution in [-0.4, -0.2) is 56.7 Å². The van der Waals surface area contributed by atoms with Gasteiger partial charge in [-0.2, -0.15) is 0 Å². The summed E-state index contributed by atoms with van der Waals surface area (Å²) in [7, 11) is -4.01. The van der Waals surface area contributed by atoms with E-state index in [1.165, 1.54) is 12.7 Å².